The zero-order chi connectivity index (χ0) is 41.4. The number of fused-ring (bicyclic) bond motifs is 6. The summed E-state index contributed by atoms with van der Waals surface area (Å²) < 4.78 is 48.3. The number of aromatic nitrogens is 8. The normalized spacial score (nSPS) is 11.9. The van der Waals surface area contributed by atoms with Gasteiger partial charge in [-0.15, -0.1) is 0 Å². The Morgan fingerprint density at radius 2 is 0.900 bits per heavy atom. The van der Waals surface area contributed by atoms with Crippen LogP contribution in [0.25, 0.3) is 93.7 Å². The van der Waals surface area contributed by atoms with Gasteiger partial charge in [-0.1, -0.05) is 54.6 Å². The third-order valence-corrected chi connectivity index (χ3v) is 10.8. The highest BCUT2D eigenvalue weighted by atomic mass is 19.4. The van der Waals surface area contributed by atoms with E-state index in [2.05, 4.69) is 49.9 Å². The van der Waals surface area contributed by atoms with Crippen LogP contribution < -0.4 is 0 Å². The van der Waals surface area contributed by atoms with Crippen LogP contribution in [0.5, 0.6) is 0 Å². The Balaban J connectivity index is 1.32. The van der Waals surface area contributed by atoms with Crippen molar-refractivity contribution in [3.63, 3.8) is 0 Å². The minimum absolute atomic E-state index is 0.0766. The van der Waals surface area contributed by atoms with Crippen molar-refractivity contribution in [2.45, 2.75) is 33.9 Å². The summed E-state index contributed by atoms with van der Waals surface area (Å²) in [4.78, 5) is 31.1. The molecular formula is C48H32F3N9. The Bertz CT molecular complexity index is 3410. The van der Waals surface area contributed by atoms with Crippen LogP contribution in [0.15, 0.2) is 121 Å². The van der Waals surface area contributed by atoms with Crippen molar-refractivity contribution in [1.82, 2.24) is 39.0 Å². The van der Waals surface area contributed by atoms with Gasteiger partial charge in [-0.2, -0.15) is 13.2 Å². The van der Waals surface area contributed by atoms with Crippen LogP contribution in [0, 0.1) is 34.3 Å². The van der Waals surface area contributed by atoms with E-state index in [4.69, 9.17) is 6.57 Å². The summed E-state index contributed by atoms with van der Waals surface area (Å²) in [5, 5.41) is 3.67. The topological polar surface area (TPSA) is 91.6 Å². The van der Waals surface area contributed by atoms with Gasteiger partial charge in [0.25, 0.3) is 0 Å². The molecule has 60 heavy (non-hydrogen) atoms. The van der Waals surface area contributed by atoms with Crippen LogP contribution in [0.1, 0.15) is 28.9 Å². The molecule has 0 saturated heterocycles. The van der Waals surface area contributed by atoms with Gasteiger partial charge in [0.15, 0.2) is 17.3 Å². The van der Waals surface area contributed by atoms with E-state index < -0.39 is 11.7 Å². The summed E-state index contributed by atoms with van der Waals surface area (Å²) in [6, 6.07) is 36.8. The second-order valence-corrected chi connectivity index (χ2v) is 14.7. The highest BCUT2D eigenvalue weighted by molar-refractivity contribution is 6.13. The fourth-order valence-corrected chi connectivity index (χ4v) is 8.43. The lowest BCUT2D eigenvalue weighted by Crippen LogP contribution is -2.08. The average molecular weight is 792 g/mol. The SMILES string of the molecule is [C-]#[N+]c1cc(-n2c3ccccc3c3cc(-c4nc(C)nc(C)n4)ccc32)c(-n2c3ccccc3c3cc(-c4nc(C)nc(C)n4)ccc32)cc1-c1ccccc1C(F)(F)F. The number of halogens is 3. The molecule has 4 heterocycles. The minimum Gasteiger partial charge on any atom is -0.308 e. The van der Waals surface area contributed by atoms with Crippen LogP contribution in [0.2, 0.25) is 0 Å². The van der Waals surface area contributed by atoms with E-state index in [1.807, 2.05) is 107 Å². The average Bonchev–Trinajstić information content (AvgIpc) is 3.74. The standard InChI is InChI=1S/C48H32F3N9/c1-26-53-27(2)56-46(55-26)30-18-20-42-36(22-30)33-13-7-10-16-40(33)59(42)44-24-35(32-12-6-9-15-38(32)48(49,50)51)39(52-5)25-45(44)60-41-17-11-8-14-34(41)37-23-31(19-21-43(37)60)47-57-28(3)54-29(4)58-47/h6-25H,1-4H3. The summed E-state index contributed by atoms with van der Waals surface area (Å²) in [5.74, 6) is 3.52. The molecule has 9 nitrogen and oxygen atoms in total. The highest BCUT2D eigenvalue weighted by Gasteiger charge is 2.34. The molecule has 0 spiro atoms. The van der Waals surface area contributed by atoms with Gasteiger partial charge in [0.05, 0.1) is 45.6 Å². The van der Waals surface area contributed by atoms with E-state index in [0.717, 1.165) is 60.8 Å². The lowest BCUT2D eigenvalue weighted by molar-refractivity contribution is -0.137. The molecule has 0 aliphatic carbocycles. The number of hydrogen-bond acceptors (Lipinski definition) is 6. The third kappa shape index (κ3) is 5.93. The van der Waals surface area contributed by atoms with Crippen LogP contribution in [0.3, 0.4) is 0 Å². The molecule has 4 aromatic heterocycles. The molecule has 290 valence electrons. The van der Waals surface area contributed by atoms with Crippen molar-refractivity contribution in [3.05, 3.63) is 162 Å². The predicted octanol–water partition coefficient (Wildman–Crippen LogP) is 12.1. The number of para-hydroxylation sites is 2. The van der Waals surface area contributed by atoms with Gasteiger partial charge in [0.2, 0.25) is 0 Å². The van der Waals surface area contributed by atoms with Crippen molar-refractivity contribution in [2.75, 3.05) is 0 Å². The van der Waals surface area contributed by atoms with Gasteiger partial charge in [-0.3, -0.25) is 0 Å². The van der Waals surface area contributed by atoms with E-state index in [9.17, 15) is 13.2 Å². The molecule has 10 rings (SSSR count). The molecule has 0 atom stereocenters. The fraction of sp³-hybridized carbons (Fsp3) is 0.104. The maximum atomic E-state index is 14.7. The summed E-state index contributed by atoms with van der Waals surface area (Å²) in [7, 11) is 0. The lowest BCUT2D eigenvalue weighted by atomic mass is 9.96. The second-order valence-electron chi connectivity index (χ2n) is 14.7. The van der Waals surface area contributed by atoms with Crippen molar-refractivity contribution in [2.24, 2.45) is 0 Å². The first-order valence-electron chi connectivity index (χ1n) is 19.2. The van der Waals surface area contributed by atoms with Crippen LogP contribution >= 0.6 is 0 Å². The van der Waals surface area contributed by atoms with Gasteiger partial charge in [0, 0.05) is 32.7 Å². The first kappa shape index (κ1) is 36.6. The van der Waals surface area contributed by atoms with Gasteiger partial charge in [-0.05, 0) is 106 Å². The lowest BCUT2D eigenvalue weighted by Gasteiger charge is -2.21. The molecule has 0 bridgehead atoms. The molecule has 0 amide bonds. The number of alkyl halides is 3. The van der Waals surface area contributed by atoms with Crippen molar-refractivity contribution in [1.29, 1.82) is 0 Å². The summed E-state index contributed by atoms with van der Waals surface area (Å²) in [5.41, 5.74) is 5.42. The maximum Gasteiger partial charge on any atom is 0.416 e. The van der Waals surface area contributed by atoms with E-state index >= 15 is 0 Å². The van der Waals surface area contributed by atoms with Crippen molar-refractivity contribution in [3.8, 4) is 45.3 Å². The summed E-state index contributed by atoms with van der Waals surface area (Å²) >= 11 is 0. The molecule has 0 radical (unpaired) electrons. The first-order chi connectivity index (χ1) is 29.0. The van der Waals surface area contributed by atoms with E-state index in [0.29, 0.717) is 46.3 Å². The van der Waals surface area contributed by atoms with Gasteiger partial charge >= 0.3 is 6.18 Å². The zero-order valence-electron chi connectivity index (χ0n) is 32.7. The van der Waals surface area contributed by atoms with Crippen LogP contribution in [-0.4, -0.2) is 39.0 Å². The predicted molar refractivity (Wildman–Crippen MR) is 228 cm³/mol. The van der Waals surface area contributed by atoms with Gasteiger partial charge < -0.3 is 9.13 Å². The summed E-state index contributed by atoms with van der Waals surface area (Å²) in [6.07, 6.45) is -4.66. The number of benzene rings is 6. The third-order valence-electron chi connectivity index (χ3n) is 10.8. The fourth-order valence-electron chi connectivity index (χ4n) is 8.43. The van der Waals surface area contributed by atoms with Crippen molar-refractivity contribution < 1.29 is 13.2 Å². The zero-order valence-corrected chi connectivity index (χ0v) is 32.7. The van der Waals surface area contributed by atoms with E-state index in [-0.39, 0.29) is 16.8 Å². The molecule has 10 aromatic rings. The number of hydrogen-bond donors (Lipinski definition) is 0. The van der Waals surface area contributed by atoms with Gasteiger partial charge in [-0.25, -0.2) is 34.7 Å². The minimum atomic E-state index is -4.66. The maximum absolute atomic E-state index is 14.7. The van der Waals surface area contributed by atoms with Crippen molar-refractivity contribution >= 4 is 49.3 Å². The Labute approximate surface area is 341 Å². The number of nitrogens with zero attached hydrogens (tertiary/aromatic N) is 9. The van der Waals surface area contributed by atoms with E-state index in [1.54, 1.807) is 18.2 Å². The summed E-state index contributed by atoms with van der Waals surface area (Å²) in [6.45, 7) is 15.7. The molecule has 12 heteroatoms. The molecule has 0 aliphatic rings. The molecular weight excluding hydrogens is 760 g/mol. The number of rotatable bonds is 5. The largest absolute Gasteiger partial charge is 0.416 e. The molecule has 0 N–H and O–H groups in total. The quantitative estimate of drug-likeness (QED) is 0.161. The van der Waals surface area contributed by atoms with E-state index in [1.165, 1.54) is 12.1 Å². The smallest absolute Gasteiger partial charge is 0.308 e. The highest BCUT2D eigenvalue weighted by Crippen LogP contribution is 2.46. The molecule has 6 aromatic carbocycles. The van der Waals surface area contributed by atoms with Crippen LogP contribution in [0.4, 0.5) is 18.9 Å². The Morgan fingerprint density at radius 3 is 1.38 bits per heavy atom. The first-order valence-corrected chi connectivity index (χ1v) is 19.2. The molecule has 0 aliphatic heterocycles. The Morgan fingerprint density at radius 1 is 0.467 bits per heavy atom. The number of aryl methyl sites for hydroxylation is 4. The van der Waals surface area contributed by atoms with Crippen LogP contribution in [-0.2, 0) is 6.18 Å². The molecule has 0 saturated carbocycles. The van der Waals surface area contributed by atoms with Gasteiger partial charge in [0.1, 0.15) is 23.3 Å². The molecule has 0 unspecified atom stereocenters. The molecule has 0 fully saturated rings. The Hall–Kier alpha value is -7.78. The second kappa shape index (κ2) is 13.7. The monoisotopic (exact) mass is 791 g/mol. The Kier molecular flexibility index (Phi) is 8.33.